The Labute approximate surface area is 187 Å². The highest BCUT2D eigenvalue weighted by Gasteiger charge is 2.23. The molecule has 3 aromatic rings. The second-order valence-electron chi connectivity index (χ2n) is 7.79. The Morgan fingerprint density at radius 1 is 1.10 bits per heavy atom. The molecule has 1 saturated carbocycles. The number of aromatic nitrogens is 3. The maximum Gasteiger partial charge on any atom is 0.233 e. The normalized spacial score (nSPS) is 14.4. The quantitative estimate of drug-likeness (QED) is 0.497. The van der Waals surface area contributed by atoms with Crippen molar-refractivity contribution >= 4 is 17.7 Å². The molecular weight excluding hydrogens is 408 g/mol. The van der Waals surface area contributed by atoms with E-state index >= 15 is 0 Å². The number of para-hydroxylation sites is 1. The number of thioether (sulfide) groups is 1. The minimum atomic E-state index is 0.141. The van der Waals surface area contributed by atoms with Crippen LogP contribution in [0.25, 0.3) is 17.1 Å². The van der Waals surface area contributed by atoms with E-state index in [-0.39, 0.29) is 5.91 Å². The highest BCUT2D eigenvalue weighted by molar-refractivity contribution is 7.99. The van der Waals surface area contributed by atoms with Gasteiger partial charge in [0, 0.05) is 24.3 Å². The van der Waals surface area contributed by atoms with Crippen molar-refractivity contribution in [2.75, 3.05) is 19.9 Å². The van der Waals surface area contributed by atoms with E-state index in [2.05, 4.69) is 10.2 Å². The fourth-order valence-electron chi connectivity index (χ4n) is 4.02. The Balaban J connectivity index is 1.59. The van der Waals surface area contributed by atoms with Gasteiger partial charge < -0.3 is 9.64 Å². The molecule has 0 bridgehead atoms. The van der Waals surface area contributed by atoms with Crippen LogP contribution in [-0.2, 0) is 4.79 Å². The fourth-order valence-corrected chi connectivity index (χ4v) is 4.90. The van der Waals surface area contributed by atoms with Gasteiger partial charge in [0.25, 0.3) is 0 Å². The molecule has 1 aromatic heterocycles. The number of methoxy groups -OCH3 is 1. The molecule has 0 N–H and O–H groups in total. The van der Waals surface area contributed by atoms with Crippen molar-refractivity contribution in [3.8, 4) is 22.8 Å². The number of rotatable bonds is 7. The summed E-state index contributed by atoms with van der Waals surface area (Å²) in [5.41, 5.74) is 1.87. The molecule has 7 heteroatoms. The molecule has 0 atom stereocenters. The SMILES string of the molecule is COc1cccc(-c2nnc(SCC(=O)N(C)C3CCCCC3)n2-c2ccccc2)c1. The number of amides is 1. The van der Waals surface area contributed by atoms with E-state index in [4.69, 9.17) is 4.74 Å². The van der Waals surface area contributed by atoms with Gasteiger partial charge in [0.2, 0.25) is 5.91 Å². The Morgan fingerprint density at radius 3 is 2.61 bits per heavy atom. The van der Waals surface area contributed by atoms with Crippen molar-refractivity contribution in [3.05, 3.63) is 54.6 Å². The van der Waals surface area contributed by atoms with E-state index in [0.29, 0.717) is 17.0 Å². The molecule has 1 amide bonds. The Morgan fingerprint density at radius 2 is 1.87 bits per heavy atom. The molecule has 1 aliphatic rings. The summed E-state index contributed by atoms with van der Waals surface area (Å²) >= 11 is 1.43. The first-order chi connectivity index (χ1) is 15.2. The van der Waals surface area contributed by atoms with Gasteiger partial charge >= 0.3 is 0 Å². The van der Waals surface area contributed by atoms with Crippen molar-refractivity contribution < 1.29 is 9.53 Å². The van der Waals surface area contributed by atoms with Gasteiger partial charge in [-0.1, -0.05) is 61.4 Å². The summed E-state index contributed by atoms with van der Waals surface area (Å²) in [5, 5.41) is 9.60. The number of nitrogens with zero attached hydrogens (tertiary/aromatic N) is 4. The first-order valence-corrected chi connectivity index (χ1v) is 11.7. The lowest BCUT2D eigenvalue weighted by Gasteiger charge is -2.31. The van der Waals surface area contributed by atoms with Crippen molar-refractivity contribution in [2.45, 2.75) is 43.3 Å². The van der Waals surface area contributed by atoms with Gasteiger partial charge in [0.05, 0.1) is 12.9 Å². The van der Waals surface area contributed by atoms with Gasteiger partial charge in [0.15, 0.2) is 11.0 Å². The van der Waals surface area contributed by atoms with Gasteiger partial charge in [-0.15, -0.1) is 10.2 Å². The number of hydrogen-bond donors (Lipinski definition) is 0. The minimum absolute atomic E-state index is 0.141. The van der Waals surface area contributed by atoms with Crippen LogP contribution in [0.3, 0.4) is 0 Å². The van der Waals surface area contributed by atoms with Gasteiger partial charge in [0.1, 0.15) is 5.75 Å². The van der Waals surface area contributed by atoms with E-state index in [0.717, 1.165) is 35.7 Å². The van der Waals surface area contributed by atoms with E-state index in [9.17, 15) is 4.79 Å². The number of hydrogen-bond acceptors (Lipinski definition) is 5. The van der Waals surface area contributed by atoms with Gasteiger partial charge in [-0.25, -0.2) is 0 Å². The summed E-state index contributed by atoms with van der Waals surface area (Å²) in [4.78, 5) is 14.8. The van der Waals surface area contributed by atoms with Crippen molar-refractivity contribution in [1.29, 1.82) is 0 Å². The third-order valence-corrected chi connectivity index (χ3v) is 6.73. The average Bonchev–Trinajstić information content (AvgIpc) is 3.27. The lowest BCUT2D eigenvalue weighted by molar-refractivity contribution is -0.129. The number of benzene rings is 2. The number of ether oxygens (including phenoxy) is 1. The molecule has 4 rings (SSSR count). The summed E-state index contributed by atoms with van der Waals surface area (Å²) in [6.07, 6.45) is 5.91. The third-order valence-electron chi connectivity index (χ3n) is 5.82. The van der Waals surface area contributed by atoms with Crippen LogP contribution in [0.2, 0.25) is 0 Å². The topological polar surface area (TPSA) is 60.3 Å². The van der Waals surface area contributed by atoms with Gasteiger partial charge in [-0.2, -0.15) is 0 Å². The summed E-state index contributed by atoms with van der Waals surface area (Å²) in [7, 11) is 3.58. The standard InChI is InChI=1S/C24H28N4O2S/c1-27(19-11-5-3-6-12-19)22(29)17-31-24-26-25-23(18-10-9-15-21(16-18)30-2)28(24)20-13-7-4-8-14-20/h4,7-10,13-16,19H,3,5-6,11-12,17H2,1-2H3. The second kappa shape index (κ2) is 10.0. The molecule has 0 aliphatic heterocycles. The molecule has 1 heterocycles. The summed E-state index contributed by atoms with van der Waals surface area (Å²) in [6.45, 7) is 0. The van der Waals surface area contributed by atoms with Crippen molar-refractivity contribution in [3.63, 3.8) is 0 Å². The first kappa shape index (κ1) is 21.4. The minimum Gasteiger partial charge on any atom is -0.497 e. The highest BCUT2D eigenvalue weighted by Crippen LogP contribution is 2.30. The molecule has 162 valence electrons. The zero-order valence-electron chi connectivity index (χ0n) is 18.0. The van der Waals surface area contributed by atoms with E-state index in [1.165, 1.54) is 31.0 Å². The van der Waals surface area contributed by atoms with E-state index in [1.54, 1.807) is 7.11 Å². The lowest BCUT2D eigenvalue weighted by atomic mass is 9.94. The van der Waals surface area contributed by atoms with Crippen LogP contribution in [0.5, 0.6) is 5.75 Å². The predicted octanol–water partition coefficient (Wildman–Crippen LogP) is 4.83. The second-order valence-corrected chi connectivity index (χ2v) is 8.74. The summed E-state index contributed by atoms with van der Waals surface area (Å²) in [6, 6.07) is 18.1. The Bertz CT molecular complexity index is 1020. The van der Waals surface area contributed by atoms with Crippen LogP contribution in [-0.4, -0.2) is 51.5 Å². The van der Waals surface area contributed by atoms with Crippen LogP contribution in [0, 0.1) is 0 Å². The first-order valence-electron chi connectivity index (χ1n) is 10.7. The zero-order valence-corrected chi connectivity index (χ0v) is 18.8. The van der Waals surface area contributed by atoms with Crippen molar-refractivity contribution in [1.82, 2.24) is 19.7 Å². The van der Waals surface area contributed by atoms with E-state index < -0.39 is 0 Å². The molecular formula is C24H28N4O2S. The number of carbonyl (C=O) groups is 1. The van der Waals surface area contributed by atoms with Crippen molar-refractivity contribution in [2.24, 2.45) is 0 Å². The zero-order chi connectivity index (χ0) is 21.6. The summed E-state index contributed by atoms with van der Waals surface area (Å²) < 4.78 is 7.39. The fraction of sp³-hybridized carbons (Fsp3) is 0.375. The van der Waals surface area contributed by atoms with Crippen LogP contribution >= 0.6 is 11.8 Å². The molecule has 0 spiro atoms. The maximum absolute atomic E-state index is 12.9. The third kappa shape index (κ3) is 4.93. The van der Waals surface area contributed by atoms with Crippen LogP contribution in [0.4, 0.5) is 0 Å². The van der Waals surface area contributed by atoms with Gasteiger partial charge in [-0.05, 0) is 37.1 Å². The molecule has 1 aliphatic carbocycles. The lowest BCUT2D eigenvalue weighted by Crippen LogP contribution is -2.39. The summed E-state index contributed by atoms with van der Waals surface area (Å²) in [5.74, 6) is 1.97. The molecule has 0 saturated heterocycles. The predicted molar refractivity (Wildman–Crippen MR) is 124 cm³/mol. The molecule has 31 heavy (non-hydrogen) atoms. The average molecular weight is 437 g/mol. The Kier molecular flexibility index (Phi) is 6.92. The van der Waals surface area contributed by atoms with E-state index in [1.807, 2.05) is 71.1 Å². The maximum atomic E-state index is 12.9. The van der Waals surface area contributed by atoms with Crippen LogP contribution in [0.15, 0.2) is 59.8 Å². The molecule has 0 radical (unpaired) electrons. The Hall–Kier alpha value is -2.80. The highest BCUT2D eigenvalue weighted by atomic mass is 32.2. The molecule has 6 nitrogen and oxygen atoms in total. The largest absolute Gasteiger partial charge is 0.497 e. The monoisotopic (exact) mass is 436 g/mol. The molecule has 2 aromatic carbocycles. The van der Waals surface area contributed by atoms with Crippen LogP contribution < -0.4 is 4.74 Å². The van der Waals surface area contributed by atoms with Gasteiger partial charge in [-0.3, -0.25) is 9.36 Å². The number of carbonyl (C=O) groups excluding carboxylic acids is 1. The smallest absolute Gasteiger partial charge is 0.233 e. The molecule has 1 fully saturated rings. The van der Waals surface area contributed by atoms with Crippen LogP contribution in [0.1, 0.15) is 32.1 Å². The molecule has 0 unspecified atom stereocenters.